The van der Waals surface area contributed by atoms with Crippen molar-refractivity contribution < 1.29 is 9.47 Å². The van der Waals surface area contributed by atoms with Crippen molar-refractivity contribution in [2.45, 2.75) is 32.8 Å². The maximum absolute atomic E-state index is 5.39. The molecule has 1 fully saturated rings. The highest BCUT2D eigenvalue weighted by atomic mass is 16.5. The molecule has 2 nitrogen and oxygen atoms in total. The molecule has 1 aliphatic carbocycles. The molecular weight excluding hydrogens is 176 g/mol. The monoisotopic (exact) mass is 198 g/mol. The zero-order valence-corrected chi connectivity index (χ0v) is 10.0. The lowest BCUT2D eigenvalue weighted by Crippen LogP contribution is -2.19. The van der Waals surface area contributed by atoms with Gasteiger partial charge in [0.15, 0.2) is 0 Å². The Bertz CT molecular complexity index is 220. The van der Waals surface area contributed by atoms with Crippen LogP contribution in [0.5, 0.6) is 0 Å². The van der Waals surface area contributed by atoms with Gasteiger partial charge in [-0.25, -0.2) is 0 Å². The summed E-state index contributed by atoms with van der Waals surface area (Å²) in [5.74, 6) is 1.09. The summed E-state index contributed by atoms with van der Waals surface area (Å²) in [6.45, 7) is 13.7. The number of rotatable bonds is 4. The van der Waals surface area contributed by atoms with E-state index in [0.717, 1.165) is 12.0 Å². The van der Waals surface area contributed by atoms with Gasteiger partial charge in [-0.15, -0.1) is 0 Å². The van der Waals surface area contributed by atoms with Crippen LogP contribution in [0.4, 0.5) is 0 Å². The van der Waals surface area contributed by atoms with E-state index >= 15 is 0 Å². The molecule has 0 N–H and O–H groups in total. The van der Waals surface area contributed by atoms with E-state index in [2.05, 4.69) is 13.2 Å². The Morgan fingerprint density at radius 3 is 2.00 bits per heavy atom. The highest BCUT2D eigenvalue weighted by Gasteiger charge is 2.58. The van der Waals surface area contributed by atoms with Gasteiger partial charge in [-0.1, -0.05) is 32.6 Å². The predicted molar refractivity (Wildman–Crippen MR) is 60.2 cm³/mol. The Kier molecular flexibility index (Phi) is 4.92. The quantitative estimate of drug-likeness (QED) is 0.510. The lowest BCUT2D eigenvalue weighted by Gasteiger charge is -2.17. The van der Waals surface area contributed by atoms with Crippen LogP contribution in [-0.4, -0.2) is 19.8 Å². The summed E-state index contributed by atoms with van der Waals surface area (Å²) >= 11 is 0. The van der Waals surface area contributed by atoms with Crippen LogP contribution in [0.2, 0.25) is 0 Å². The van der Waals surface area contributed by atoms with Crippen LogP contribution in [0.15, 0.2) is 24.5 Å². The summed E-state index contributed by atoms with van der Waals surface area (Å²) in [5, 5.41) is 0. The van der Waals surface area contributed by atoms with Crippen molar-refractivity contribution >= 4 is 0 Å². The van der Waals surface area contributed by atoms with Crippen molar-refractivity contribution in [2.75, 3.05) is 14.2 Å². The highest BCUT2D eigenvalue weighted by Crippen LogP contribution is 2.54. The van der Waals surface area contributed by atoms with Crippen LogP contribution in [0.3, 0.4) is 0 Å². The minimum absolute atomic E-state index is 0.277. The van der Waals surface area contributed by atoms with E-state index in [4.69, 9.17) is 9.47 Å². The fraction of sp³-hybridized carbons (Fsp3) is 0.667. The van der Waals surface area contributed by atoms with Crippen molar-refractivity contribution in [1.29, 1.82) is 0 Å². The van der Waals surface area contributed by atoms with Crippen LogP contribution in [0.25, 0.3) is 0 Å². The van der Waals surface area contributed by atoms with E-state index in [1.165, 1.54) is 0 Å². The fourth-order valence-electron chi connectivity index (χ4n) is 1.64. The van der Waals surface area contributed by atoms with Crippen LogP contribution in [0, 0.1) is 5.92 Å². The van der Waals surface area contributed by atoms with E-state index < -0.39 is 0 Å². The first kappa shape index (κ1) is 13.2. The third-order valence-corrected chi connectivity index (χ3v) is 2.59. The first-order valence-corrected chi connectivity index (χ1v) is 5.02. The van der Waals surface area contributed by atoms with Gasteiger partial charge in [0.25, 0.3) is 0 Å². The second kappa shape index (κ2) is 5.20. The third kappa shape index (κ3) is 2.18. The first-order chi connectivity index (χ1) is 6.58. The molecule has 82 valence electrons. The second-order valence-corrected chi connectivity index (χ2v) is 3.32. The third-order valence-electron chi connectivity index (χ3n) is 2.59. The van der Waals surface area contributed by atoms with Gasteiger partial charge in [0.1, 0.15) is 11.4 Å². The molecule has 1 saturated carbocycles. The number of hydrogen-bond acceptors (Lipinski definition) is 2. The molecule has 0 aromatic carbocycles. The molecule has 1 aliphatic rings. The van der Waals surface area contributed by atoms with Gasteiger partial charge in [0.05, 0.1) is 7.11 Å². The molecule has 0 bridgehead atoms. The summed E-state index contributed by atoms with van der Waals surface area (Å²) in [4.78, 5) is 0. The Morgan fingerprint density at radius 1 is 1.29 bits per heavy atom. The Labute approximate surface area is 87.6 Å². The van der Waals surface area contributed by atoms with Crippen LogP contribution < -0.4 is 0 Å². The minimum atomic E-state index is -0.277. The molecule has 0 aliphatic heterocycles. The van der Waals surface area contributed by atoms with E-state index in [1.807, 2.05) is 20.8 Å². The molecule has 2 unspecified atom stereocenters. The van der Waals surface area contributed by atoms with E-state index in [-0.39, 0.29) is 5.60 Å². The lowest BCUT2D eigenvalue weighted by atomic mass is 10.1. The van der Waals surface area contributed by atoms with Crippen LogP contribution in [0.1, 0.15) is 27.2 Å². The van der Waals surface area contributed by atoms with Gasteiger partial charge < -0.3 is 9.47 Å². The van der Waals surface area contributed by atoms with Gasteiger partial charge in [0.2, 0.25) is 0 Å². The summed E-state index contributed by atoms with van der Waals surface area (Å²) < 4.78 is 10.5. The summed E-state index contributed by atoms with van der Waals surface area (Å²) in [7, 11) is 3.31. The van der Waals surface area contributed by atoms with Crippen molar-refractivity contribution in [3.8, 4) is 0 Å². The van der Waals surface area contributed by atoms with Crippen molar-refractivity contribution in [2.24, 2.45) is 5.92 Å². The Balaban J connectivity index is 0.000000791. The zero-order chi connectivity index (χ0) is 11.4. The van der Waals surface area contributed by atoms with Gasteiger partial charge in [-0.05, 0) is 13.3 Å². The minimum Gasteiger partial charge on any atom is -0.499 e. The maximum Gasteiger partial charge on any atom is 0.131 e. The first-order valence-electron chi connectivity index (χ1n) is 5.02. The molecule has 0 aromatic heterocycles. The maximum atomic E-state index is 5.39. The van der Waals surface area contributed by atoms with Gasteiger partial charge in [0, 0.05) is 13.0 Å². The van der Waals surface area contributed by atoms with E-state index in [0.29, 0.717) is 11.7 Å². The highest BCUT2D eigenvalue weighted by molar-refractivity contribution is 5.30. The van der Waals surface area contributed by atoms with Gasteiger partial charge in [-0.2, -0.15) is 0 Å². The normalized spacial score (nSPS) is 28.5. The van der Waals surface area contributed by atoms with E-state index in [9.17, 15) is 0 Å². The molecule has 2 heteroatoms. The Morgan fingerprint density at radius 2 is 1.79 bits per heavy atom. The van der Waals surface area contributed by atoms with Crippen molar-refractivity contribution in [3.05, 3.63) is 24.5 Å². The average molecular weight is 198 g/mol. The van der Waals surface area contributed by atoms with Crippen LogP contribution in [-0.2, 0) is 9.47 Å². The standard InChI is InChI=1S/C10H16O2.C2H6/c1-7(2)9-6-10(9,12-5)8(3)11-4;1-2/h9H,1,3,6H2,2,4-5H3;1-2H3. The Hall–Kier alpha value is -0.760. The SMILES string of the molecule is C=C(C)C1CC1(OC)C(=C)OC.CC. The number of ether oxygens (including phenoxy) is 2. The zero-order valence-electron chi connectivity index (χ0n) is 10.0. The number of hydrogen-bond donors (Lipinski definition) is 0. The van der Waals surface area contributed by atoms with Gasteiger partial charge >= 0.3 is 0 Å². The van der Waals surface area contributed by atoms with Gasteiger partial charge in [-0.3, -0.25) is 0 Å². The summed E-state index contributed by atoms with van der Waals surface area (Å²) in [6, 6.07) is 0. The molecule has 0 heterocycles. The largest absolute Gasteiger partial charge is 0.499 e. The molecule has 0 amide bonds. The lowest BCUT2D eigenvalue weighted by molar-refractivity contribution is 0.0515. The molecular formula is C12H22O2. The average Bonchev–Trinajstić information content (AvgIpc) is 2.96. The number of methoxy groups -OCH3 is 2. The fourth-order valence-corrected chi connectivity index (χ4v) is 1.64. The smallest absolute Gasteiger partial charge is 0.131 e. The predicted octanol–water partition coefficient (Wildman–Crippen LogP) is 3.15. The van der Waals surface area contributed by atoms with Crippen molar-refractivity contribution in [1.82, 2.24) is 0 Å². The van der Waals surface area contributed by atoms with Crippen LogP contribution >= 0.6 is 0 Å². The molecule has 0 radical (unpaired) electrons. The molecule has 0 aromatic rings. The van der Waals surface area contributed by atoms with Crippen molar-refractivity contribution in [3.63, 3.8) is 0 Å². The summed E-state index contributed by atoms with van der Waals surface area (Å²) in [5.41, 5.74) is 0.857. The molecule has 0 spiro atoms. The molecule has 0 saturated heterocycles. The topological polar surface area (TPSA) is 18.5 Å². The molecule has 14 heavy (non-hydrogen) atoms. The molecule has 1 rings (SSSR count). The summed E-state index contributed by atoms with van der Waals surface area (Å²) in [6.07, 6.45) is 0.950. The second-order valence-electron chi connectivity index (χ2n) is 3.32. The molecule has 2 atom stereocenters. The van der Waals surface area contributed by atoms with E-state index in [1.54, 1.807) is 14.2 Å².